The molecule has 0 aliphatic carbocycles. The fraction of sp³-hybridized carbons (Fsp3) is 0.0625. The van der Waals surface area contributed by atoms with Crippen molar-refractivity contribution in [3.05, 3.63) is 59.7 Å². The maximum absolute atomic E-state index is 11.8. The smallest absolute Gasteiger partial charge is 0.341 e. The number of rotatable bonds is 6. The fourth-order valence-electron chi connectivity index (χ4n) is 1.64. The second kappa shape index (κ2) is 7.60. The van der Waals surface area contributed by atoms with Crippen LogP contribution in [-0.4, -0.2) is 34.9 Å². The molecule has 0 radical (unpaired) electrons. The quantitative estimate of drug-likeness (QED) is 0.554. The van der Waals surface area contributed by atoms with E-state index in [1.54, 1.807) is 24.3 Å². The predicted octanol–water partition coefficient (Wildman–Crippen LogP) is 1.62. The number of aromatic hydroxyl groups is 1. The van der Waals surface area contributed by atoms with Crippen LogP contribution in [0.25, 0.3) is 0 Å². The number of hydrazone groups is 1. The van der Waals surface area contributed by atoms with Crippen LogP contribution >= 0.6 is 0 Å². The minimum absolute atomic E-state index is 0.0789. The number of hydrogen-bond acceptors (Lipinski definition) is 5. The number of nitrogens with one attached hydrogen (secondary N) is 1. The van der Waals surface area contributed by atoms with E-state index in [1.807, 2.05) is 0 Å². The summed E-state index contributed by atoms with van der Waals surface area (Å²) in [5.41, 5.74) is 3.44. The molecule has 118 valence electrons. The van der Waals surface area contributed by atoms with Crippen molar-refractivity contribution in [1.82, 2.24) is 5.43 Å². The molecule has 0 heterocycles. The van der Waals surface area contributed by atoms with Crippen LogP contribution in [0.1, 0.15) is 15.9 Å². The van der Waals surface area contributed by atoms with E-state index in [9.17, 15) is 9.59 Å². The van der Waals surface area contributed by atoms with Gasteiger partial charge in [-0.2, -0.15) is 5.10 Å². The molecule has 2 aromatic rings. The van der Waals surface area contributed by atoms with E-state index in [0.717, 1.165) is 0 Å². The second-order valence-electron chi connectivity index (χ2n) is 4.50. The van der Waals surface area contributed by atoms with Crippen LogP contribution in [-0.2, 0) is 4.79 Å². The second-order valence-corrected chi connectivity index (χ2v) is 4.50. The van der Waals surface area contributed by atoms with Crippen molar-refractivity contribution in [1.29, 1.82) is 0 Å². The zero-order valence-electron chi connectivity index (χ0n) is 12.0. The first-order valence-corrected chi connectivity index (χ1v) is 6.62. The summed E-state index contributed by atoms with van der Waals surface area (Å²) in [4.78, 5) is 22.1. The average molecular weight is 314 g/mol. The van der Waals surface area contributed by atoms with Crippen molar-refractivity contribution in [3.8, 4) is 11.5 Å². The number of carboxylic acids is 1. The summed E-state index contributed by atoms with van der Waals surface area (Å²) in [5, 5.41) is 21.5. The first kappa shape index (κ1) is 16.0. The number of phenolic OH excluding ortho intramolecular Hbond substituents is 1. The van der Waals surface area contributed by atoms with E-state index in [4.69, 9.17) is 14.9 Å². The maximum Gasteiger partial charge on any atom is 0.341 e. The molecule has 0 unspecified atom stereocenters. The number of amides is 1. The highest BCUT2D eigenvalue weighted by atomic mass is 16.5. The van der Waals surface area contributed by atoms with Gasteiger partial charge in [0.05, 0.1) is 6.21 Å². The Kier molecular flexibility index (Phi) is 5.30. The molecular weight excluding hydrogens is 300 g/mol. The number of aliphatic carboxylic acids is 1. The molecule has 0 saturated heterocycles. The van der Waals surface area contributed by atoms with Crippen molar-refractivity contribution >= 4 is 18.1 Å². The topological polar surface area (TPSA) is 108 Å². The Bertz CT molecular complexity index is 708. The molecule has 0 aromatic heterocycles. The minimum atomic E-state index is -1.05. The SMILES string of the molecule is O=C(O)COc1ccc(C=NNC(=O)c2ccc(O)cc2)cc1. The molecule has 0 atom stereocenters. The number of ether oxygens (including phenoxy) is 1. The number of phenols is 1. The molecule has 0 aliphatic heterocycles. The van der Waals surface area contributed by atoms with Gasteiger partial charge in [-0.1, -0.05) is 0 Å². The largest absolute Gasteiger partial charge is 0.508 e. The van der Waals surface area contributed by atoms with Crippen LogP contribution in [0.2, 0.25) is 0 Å². The van der Waals surface area contributed by atoms with Gasteiger partial charge in [0.25, 0.3) is 5.91 Å². The first-order valence-electron chi connectivity index (χ1n) is 6.62. The van der Waals surface area contributed by atoms with Crippen LogP contribution in [0.5, 0.6) is 11.5 Å². The molecule has 7 nitrogen and oxygen atoms in total. The molecule has 0 fully saturated rings. The Morgan fingerprint density at radius 1 is 1.09 bits per heavy atom. The molecule has 1 amide bonds. The Balaban J connectivity index is 1.88. The van der Waals surface area contributed by atoms with Crippen LogP contribution in [0.4, 0.5) is 0 Å². The lowest BCUT2D eigenvalue weighted by atomic mass is 10.2. The number of carboxylic acid groups (broad SMARTS) is 1. The van der Waals surface area contributed by atoms with Gasteiger partial charge in [-0.25, -0.2) is 10.2 Å². The van der Waals surface area contributed by atoms with Crippen molar-refractivity contribution < 1.29 is 24.5 Å². The Labute approximate surface area is 131 Å². The van der Waals surface area contributed by atoms with E-state index >= 15 is 0 Å². The Morgan fingerprint density at radius 3 is 2.35 bits per heavy atom. The highest BCUT2D eigenvalue weighted by Gasteiger charge is 2.03. The lowest BCUT2D eigenvalue weighted by Crippen LogP contribution is -2.17. The summed E-state index contributed by atoms with van der Waals surface area (Å²) in [6.07, 6.45) is 1.44. The number of hydrogen-bond donors (Lipinski definition) is 3. The molecule has 0 saturated carbocycles. The molecule has 0 aliphatic rings. The number of nitrogens with zero attached hydrogens (tertiary/aromatic N) is 1. The summed E-state index contributed by atoms with van der Waals surface area (Å²) in [5.74, 6) is -0.941. The van der Waals surface area contributed by atoms with E-state index < -0.39 is 18.5 Å². The van der Waals surface area contributed by atoms with Gasteiger partial charge >= 0.3 is 5.97 Å². The van der Waals surface area contributed by atoms with Crippen molar-refractivity contribution in [2.24, 2.45) is 5.10 Å². The van der Waals surface area contributed by atoms with Crippen molar-refractivity contribution in [2.75, 3.05) is 6.61 Å². The maximum atomic E-state index is 11.8. The minimum Gasteiger partial charge on any atom is -0.508 e. The number of benzene rings is 2. The molecule has 0 spiro atoms. The average Bonchev–Trinajstić information content (AvgIpc) is 2.54. The zero-order valence-corrected chi connectivity index (χ0v) is 12.0. The van der Waals surface area contributed by atoms with Gasteiger partial charge in [0, 0.05) is 5.56 Å². The van der Waals surface area contributed by atoms with Crippen LogP contribution < -0.4 is 10.2 Å². The van der Waals surface area contributed by atoms with Crippen molar-refractivity contribution in [2.45, 2.75) is 0 Å². The number of carbonyl (C=O) groups excluding carboxylic acids is 1. The molecule has 23 heavy (non-hydrogen) atoms. The van der Waals surface area contributed by atoms with Crippen LogP contribution in [0.3, 0.4) is 0 Å². The summed E-state index contributed by atoms with van der Waals surface area (Å²) in [6.45, 7) is -0.407. The summed E-state index contributed by atoms with van der Waals surface area (Å²) in [7, 11) is 0. The summed E-state index contributed by atoms with van der Waals surface area (Å²) < 4.78 is 5.00. The summed E-state index contributed by atoms with van der Waals surface area (Å²) >= 11 is 0. The first-order chi connectivity index (χ1) is 11.0. The van der Waals surface area contributed by atoms with Gasteiger partial charge in [0.15, 0.2) is 6.61 Å². The lowest BCUT2D eigenvalue weighted by Gasteiger charge is -2.03. The van der Waals surface area contributed by atoms with Crippen LogP contribution in [0, 0.1) is 0 Å². The van der Waals surface area contributed by atoms with Gasteiger partial charge in [0.1, 0.15) is 11.5 Å². The van der Waals surface area contributed by atoms with Gasteiger partial charge < -0.3 is 14.9 Å². The predicted molar refractivity (Wildman–Crippen MR) is 82.7 cm³/mol. The molecular formula is C16H14N2O5. The van der Waals surface area contributed by atoms with Gasteiger partial charge in [-0.15, -0.1) is 0 Å². The van der Waals surface area contributed by atoms with Gasteiger partial charge in [0.2, 0.25) is 0 Å². The Morgan fingerprint density at radius 2 is 1.74 bits per heavy atom. The lowest BCUT2D eigenvalue weighted by molar-refractivity contribution is -0.139. The van der Waals surface area contributed by atoms with Crippen molar-refractivity contribution in [3.63, 3.8) is 0 Å². The third-order valence-corrected chi connectivity index (χ3v) is 2.75. The molecule has 0 bridgehead atoms. The normalized spacial score (nSPS) is 10.4. The standard InChI is InChI=1S/C16H14N2O5/c19-13-5-3-12(4-6-13)16(22)18-17-9-11-1-7-14(8-2-11)23-10-15(20)21/h1-9,19H,10H2,(H,18,22)(H,20,21). The van der Waals surface area contributed by atoms with E-state index in [2.05, 4.69) is 10.5 Å². The molecule has 7 heteroatoms. The monoisotopic (exact) mass is 314 g/mol. The third-order valence-electron chi connectivity index (χ3n) is 2.75. The third kappa shape index (κ3) is 5.16. The zero-order chi connectivity index (χ0) is 16.7. The van der Waals surface area contributed by atoms with Crippen LogP contribution in [0.15, 0.2) is 53.6 Å². The summed E-state index contributed by atoms with van der Waals surface area (Å²) in [6, 6.07) is 12.3. The highest BCUT2D eigenvalue weighted by Crippen LogP contribution is 2.11. The van der Waals surface area contributed by atoms with E-state index in [-0.39, 0.29) is 5.75 Å². The fourth-order valence-corrected chi connectivity index (χ4v) is 1.64. The highest BCUT2D eigenvalue weighted by molar-refractivity contribution is 5.94. The van der Waals surface area contributed by atoms with E-state index in [1.165, 1.54) is 30.5 Å². The Hall–Kier alpha value is -3.35. The van der Waals surface area contributed by atoms with Gasteiger partial charge in [-0.3, -0.25) is 4.79 Å². The number of carbonyl (C=O) groups is 2. The van der Waals surface area contributed by atoms with Gasteiger partial charge in [-0.05, 0) is 54.1 Å². The molecule has 2 rings (SSSR count). The molecule has 2 aromatic carbocycles. The molecule has 3 N–H and O–H groups in total. The van der Waals surface area contributed by atoms with E-state index in [0.29, 0.717) is 16.9 Å².